The first-order valence-corrected chi connectivity index (χ1v) is 7.91. The van der Waals surface area contributed by atoms with Crippen molar-refractivity contribution >= 4 is 16.9 Å². The van der Waals surface area contributed by atoms with Crippen LogP contribution in [-0.4, -0.2) is 47.3 Å². The molecule has 4 rings (SSSR count). The number of hydrogen-bond donors (Lipinski definition) is 3. The summed E-state index contributed by atoms with van der Waals surface area (Å²) in [7, 11) is 0. The lowest BCUT2D eigenvalue weighted by Crippen LogP contribution is -2.52. The number of ether oxygens (including phenoxy) is 2. The van der Waals surface area contributed by atoms with E-state index in [0.29, 0.717) is 36.4 Å². The molecule has 23 heavy (non-hydrogen) atoms. The van der Waals surface area contributed by atoms with Crippen molar-refractivity contribution < 1.29 is 14.3 Å². The molecule has 7 nitrogen and oxygen atoms in total. The smallest absolute Gasteiger partial charge is 0.323 e. The molecule has 7 heteroatoms. The lowest BCUT2D eigenvalue weighted by Gasteiger charge is -2.37. The molecule has 2 aromatic rings. The number of aromatic amines is 2. The van der Waals surface area contributed by atoms with Gasteiger partial charge in [-0.2, -0.15) is 0 Å². The first-order valence-electron chi connectivity index (χ1n) is 7.91. The van der Waals surface area contributed by atoms with Crippen molar-refractivity contribution in [1.29, 1.82) is 0 Å². The van der Waals surface area contributed by atoms with Crippen molar-refractivity contribution in [3.05, 3.63) is 34.2 Å². The third-order valence-corrected chi connectivity index (χ3v) is 4.85. The van der Waals surface area contributed by atoms with E-state index in [1.807, 2.05) is 0 Å². The molecule has 3 N–H and O–H groups in total. The highest BCUT2D eigenvalue weighted by atomic mass is 16.5. The molecule has 122 valence electrons. The first-order chi connectivity index (χ1) is 11.2. The van der Waals surface area contributed by atoms with Crippen LogP contribution in [0.2, 0.25) is 0 Å². The number of hydrogen-bond acceptors (Lipinski definition) is 4. The van der Waals surface area contributed by atoms with Gasteiger partial charge in [0.25, 0.3) is 5.91 Å². The van der Waals surface area contributed by atoms with Crippen molar-refractivity contribution in [2.75, 3.05) is 19.8 Å². The maximum absolute atomic E-state index is 12.6. The Kier molecular flexibility index (Phi) is 3.46. The standard InChI is InChI=1S/C16H19N3O4/c20-14(10-1-2-11-12(9-10)18-15(21)17-11)19-13-3-6-23-16(13)4-7-22-8-5-16/h1-2,9,13H,3-8H2,(H,19,20)(H2,17,18,21). The SMILES string of the molecule is O=C(NC1CCOC12CCOCC2)c1ccc2[nH]c(=O)[nH]c2c1. The first kappa shape index (κ1) is 14.5. The van der Waals surface area contributed by atoms with Gasteiger partial charge < -0.3 is 24.8 Å². The van der Waals surface area contributed by atoms with E-state index in [0.717, 1.165) is 19.3 Å². The fraction of sp³-hybridized carbons (Fsp3) is 0.500. The summed E-state index contributed by atoms with van der Waals surface area (Å²) in [5.41, 5.74) is 1.29. The highest BCUT2D eigenvalue weighted by Crippen LogP contribution is 2.35. The van der Waals surface area contributed by atoms with Crippen molar-refractivity contribution in [2.24, 2.45) is 0 Å². The average molecular weight is 317 g/mol. The van der Waals surface area contributed by atoms with E-state index in [2.05, 4.69) is 15.3 Å². The van der Waals surface area contributed by atoms with E-state index in [-0.39, 0.29) is 23.2 Å². The highest BCUT2D eigenvalue weighted by Gasteiger charge is 2.46. The van der Waals surface area contributed by atoms with Crippen LogP contribution in [0.3, 0.4) is 0 Å². The van der Waals surface area contributed by atoms with Gasteiger partial charge in [-0.25, -0.2) is 4.79 Å². The Hall–Kier alpha value is -2.12. The van der Waals surface area contributed by atoms with E-state index in [4.69, 9.17) is 9.47 Å². The van der Waals surface area contributed by atoms with Crippen LogP contribution in [0.25, 0.3) is 11.0 Å². The molecule has 1 spiro atoms. The Balaban J connectivity index is 1.55. The van der Waals surface area contributed by atoms with Crippen LogP contribution in [0, 0.1) is 0 Å². The molecule has 1 aromatic carbocycles. The van der Waals surface area contributed by atoms with Crippen LogP contribution in [0.5, 0.6) is 0 Å². The zero-order valence-electron chi connectivity index (χ0n) is 12.7. The summed E-state index contributed by atoms with van der Waals surface area (Å²) >= 11 is 0. The number of carbonyl (C=O) groups is 1. The summed E-state index contributed by atoms with van der Waals surface area (Å²) in [4.78, 5) is 29.2. The number of aromatic nitrogens is 2. The number of nitrogens with one attached hydrogen (secondary N) is 3. The number of H-pyrrole nitrogens is 2. The van der Waals surface area contributed by atoms with Crippen LogP contribution in [0.15, 0.2) is 23.0 Å². The van der Waals surface area contributed by atoms with Crippen molar-refractivity contribution in [3.63, 3.8) is 0 Å². The Morgan fingerprint density at radius 3 is 2.78 bits per heavy atom. The second-order valence-corrected chi connectivity index (χ2v) is 6.18. The van der Waals surface area contributed by atoms with Gasteiger partial charge in [-0.3, -0.25) is 4.79 Å². The molecule has 0 bridgehead atoms. The monoisotopic (exact) mass is 317 g/mol. The third-order valence-electron chi connectivity index (χ3n) is 4.85. The van der Waals surface area contributed by atoms with E-state index >= 15 is 0 Å². The molecule has 1 aromatic heterocycles. The quantitative estimate of drug-likeness (QED) is 0.767. The fourth-order valence-electron chi connectivity index (χ4n) is 3.57. The number of carbonyl (C=O) groups excluding carboxylic acids is 1. The molecule has 0 radical (unpaired) electrons. The van der Waals surface area contributed by atoms with Crippen molar-refractivity contribution in [1.82, 2.24) is 15.3 Å². The molecule has 3 heterocycles. The summed E-state index contributed by atoms with van der Waals surface area (Å²) in [6.45, 7) is 2.00. The van der Waals surface area contributed by atoms with Gasteiger partial charge in [-0.15, -0.1) is 0 Å². The van der Waals surface area contributed by atoms with Gasteiger partial charge >= 0.3 is 5.69 Å². The zero-order chi connectivity index (χ0) is 15.9. The maximum Gasteiger partial charge on any atom is 0.323 e. The number of fused-ring (bicyclic) bond motifs is 1. The largest absolute Gasteiger partial charge is 0.381 e. The molecule has 1 atom stereocenters. The van der Waals surface area contributed by atoms with Crippen LogP contribution < -0.4 is 11.0 Å². The van der Waals surface area contributed by atoms with Crippen LogP contribution in [-0.2, 0) is 9.47 Å². The summed E-state index contributed by atoms with van der Waals surface area (Å²) in [5.74, 6) is -0.143. The van der Waals surface area contributed by atoms with E-state index < -0.39 is 0 Å². The molecule has 1 unspecified atom stereocenters. The fourth-order valence-corrected chi connectivity index (χ4v) is 3.57. The van der Waals surface area contributed by atoms with Crippen LogP contribution in [0.1, 0.15) is 29.6 Å². The van der Waals surface area contributed by atoms with E-state index in [1.54, 1.807) is 18.2 Å². The second kappa shape index (κ2) is 5.50. The zero-order valence-corrected chi connectivity index (χ0v) is 12.7. The molecular formula is C16H19N3O4. The Morgan fingerprint density at radius 2 is 1.96 bits per heavy atom. The number of rotatable bonds is 2. The van der Waals surface area contributed by atoms with Crippen LogP contribution in [0.4, 0.5) is 0 Å². The lowest BCUT2D eigenvalue weighted by atomic mass is 9.86. The van der Waals surface area contributed by atoms with Gasteiger partial charge in [-0.1, -0.05) is 0 Å². The molecule has 2 aliphatic rings. The minimum atomic E-state index is -0.291. The van der Waals surface area contributed by atoms with Crippen molar-refractivity contribution in [3.8, 4) is 0 Å². The van der Waals surface area contributed by atoms with Gasteiger partial charge in [-0.05, 0) is 24.6 Å². The maximum atomic E-state index is 12.6. The lowest BCUT2D eigenvalue weighted by molar-refractivity contribution is -0.0872. The highest BCUT2D eigenvalue weighted by molar-refractivity contribution is 5.97. The Labute approximate surface area is 132 Å². The summed E-state index contributed by atoms with van der Waals surface area (Å²) in [5, 5.41) is 3.11. The van der Waals surface area contributed by atoms with Gasteiger partial charge in [0, 0.05) is 38.2 Å². The predicted molar refractivity (Wildman–Crippen MR) is 83.5 cm³/mol. The van der Waals surface area contributed by atoms with E-state index in [1.165, 1.54) is 0 Å². The minimum absolute atomic E-state index is 0.000120. The summed E-state index contributed by atoms with van der Waals surface area (Å²) in [6.07, 6.45) is 2.43. The van der Waals surface area contributed by atoms with Gasteiger partial charge in [0.2, 0.25) is 0 Å². The van der Waals surface area contributed by atoms with Gasteiger partial charge in [0.05, 0.1) is 22.7 Å². The summed E-state index contributed by atoms with van der Waals surface area (Å²) < 4.78 is 11.4. The molecular weight excluding hydrogens is 298 g/mol. The number of imidazole rings is 1. The third kappa shape index (κ3) is 2.55. The second-order valence-electron chi connectivity index (χ2n) is 6.18. The number of amides is 1. The molecule has 1 amide bonds. The predicted octanol–water partition coefficient (Wildman–Crippen LogP) is 0.924. The Bertz CT molecular complexity index is 788. The topological polar surface area (TPSA) is 96.2 Å². The molecule has 2 aliphatic heterocycles. The van der Waals surface area contributed by atoms with Crippen molar-refractivity contribution in [2.45, 2.75) is 30.9 Å². The Morgan fingerprint density at radius 1 is 1.17 bits per heavy atom. The molecule has 2 saturated heterocycles. The molecule has 0 saturated carbocycles. The number of benzene rings is 1. The molecule has 0 aliphatic carbocycles. The summed E-state index contributed by atoms with van der Waals surface area (Å²) in [6, 6.07) is 5.14. The molecule has 2 fully saturated rings. The normalized spacial score (nSPS) is 23.4. The van der Waals surface area contributed by atoms with E-state index in [9.17, 15) is 9.59 Å². The minimum Gasteiger partial charge on any atom is -0.381 e. The van der Waals surface area contributed by atoms with Gasteiger partial charge in [0.15, 0.2) is 0 Å². The average Bonchev–Trinajstić information content (AvgIpc) is 3.10. The van der Waals surface area contributed by atoms with Crippen LogP contribution >= 0.6 is 0 Å². The van der Waals surface area contributed by atoms with Gasteiger partial charge in [0.1, 0.15) is 0 Å².